The highest BCUT2D eigenvalue weighted by Gasteiger charge is 2.19. The number of esters is 1. The van der Waals surface area contributed by atoms with E-state index in [-0.39, 0.29) is 17.1 Å². The summed E-state index contributed by atoms with van der Waals surface area (Å²) in [4.78, 5) is 34.2. The summed E-state index contributed by atoms with van der Waals surface area (Å²) in [5, 5.41) is 13.8. The quantitative estimate of drug-likeness (QED) is 0.405. The van der Waals surface area contributed by atoms with Crippen LogP contribution in [0.15, 0.2) is 42.5 Å². The third-order valence-electron chi connectivity index (χ3n) is 3.47. The number of methoxy groups -OCH3 is 1. The van der Waals surface area contributed by atoms with E-state index in [1.165, 1.54) is 26.2 Å². The van der Waals surface area contributed by atoms with E-state index < -0.39 is 29.5 Å². The second-order valence-electron chi connectivity index (χ2n) is 5.51. The lowest BCUT2D eigenvalue weighted by atomic mass is 10.2. The Morgan fingerprint density at radius 1 is 1.21 bits per heavy atom. The van der Waals surface area contributed by atoms with E-state index in [0.717, 1.165) is 6.07 Å². The number of carbonyl (C=O) groups excluding carboxylic acids is 2. The number of hydrogen-bond donors (Lipinski definition) is 1. The van der Waals surface area contributed by atoms with E-state index in [9.17, 15) is 19.7 Å². The highest BCUT2D eigenvalue weighted by molar-refractivity contribution is 6.30. The molecule has 1 N–H and O–H groups in total. The van der Waals surface area contributed by atoms with Crippen molar-refractivity contribution in [3.05, 3.63) is 57.6 Å². The van der Waals surface area contributed by atoms with Crippen molar-refractivity contribution in [3.8, 4) is 11.5 Å². The number of benzene rings is 2. The van der Waals surface area contributed by atoms with E-state index in [2.05, 4.69) is 5.32 Å². The Kier molecular flexibility index (Phi) is 7.16. The van der Waals surface area contributed by atoms with Gasteiger partial charge in [0.25, 0.3) is 11.6 Å². The normalized spacial score (nSPS) is 11.2. The number of nitrogens with one attached hydrogen (secondary N) is 1. The summed E-state index contributed by atoms with van der Waals surface area (Å²) in [6.45, 7) is 0.872. The van der Waals surface area contributed by atoms with E-state index in [4.69, 9.17) is 25.8 Å². The average molecular weight is 409 g/mol. The van der Waals surface area contributed by atoms with Crippen LogP contribution in [0, 0.1) is 10.1 Å². The second kappa shape index (κ2) is 9.56. The van der Waals surface area contributed by atoms with Crippen LogP contribution in [0.5, 0.6) is 11.5 Å². The van der Waals surface area contributed by atoms with E-state index in [1.54, 1.807) is 24.3 Å². The molecule has 148 valence electrons. The summed E-state index contributed by atoms with van der Waals surface area (Å²) < 4.78 is 15.4. The summed E-state index contributed by atoms with van der Waals surface area (Å²) in [5.41, 5.74) is -0.138. The zero-order valence-electron chi connectivity index (χ0n) is 15.0. The topological polar surface area (TPSA) is 117 Å². The van der Waals surface area contributed by atoms with Gasteiger partial charge in [-0.25, -0.2) is 4.79 Å². The molecule has 1 atom stereocenters. The Bertz CT molecular complexity index is 871. The van der Waals surface area contributed by atoms with Crippen LogP contribution in [0.2, 0.25) is 5.02 Å². The first-order chi connectivity index (χ1) is 13.3. The Balaban J connectivity index is 1.91. The fourth-order valence-electron chi connectivity index (χ4n) is 2.11. The lowest BCUT2D eigenvalue weighted by molar-refractivity contribution is -0.384. The molecule has 9 nitrogen and oxygen atoms in total. The highest BCUT2D eigenvalue weighted by Crippen LogP contribution is 2.28. The fraction of sp³-hybridized carbons (Fsp3) is 0.222. The van der Waals surface area contributed by atoms with Crippen molar-refractivity contribution in [3.63, 3.8) is 0 Å². The maximum atomic E-state index is 12.0. The SMILES string of the molecule is COc1ccc([N+](=O)[O-])cc1NC(=O)COC(=O)[C@H](C)Oc1ccc(Cl)cc1. The number of hydrogen-bond acceptors (Lipinski definition) is 7. The highest BCUT2D eigenvalue weighted by atomic mass is 35.5. The predicted molar refractivity (Wildman–Crippen MR) is 101 cm³/mol. The van der Waals surface area contributed by atoms with Crippen LogP contribution < -0.4 is 14.8 Å². The minimum Gasteiger partial charge on any atom is -0.495 e. The zero-order chi connectivity index (χ0) is 20.7. The van der Waals surface area contributed by atoms with Crippen LogP contribution >= 0.6 is 11.6 Å². The van der Waals surface area contributed by atoms with Crippen LogP contribution in [-0.2, 0) is 14.3 Å². The first-order valence-electron chi connectivity index (χ1n) is 8.01. The number of halogens is 1. The molecule has 2 rings (SSSR count). The van der Waals surface area contributed by atoms with E-state index in [1.807, 2.05) is 0 Å². The van der Waals surface area contributed by atoms with Crippen LogP contribution in [0.1, 0.15) is 6.92 Å². The number of anilines is 1. The van der Waals surface area contributed by atoms with Gasteiger partial charge in [-0.3, -0.25) is 14.9 Å². The second-order valence-corrected chi connectivity index (χ2v) is 5.95. The number of amides is 1. The van der Waals surface area contributed by atoms with Crippen molar-refractivity contribution in [1.82, 2.24) is 0 Å². The summed E-state index contributed by atoms with van der Waals surface area (Å²) >= 11 is 5.77. The van der Waals surface area contributed by atoms with E-state index in [0.29, 0.717) is 10.8 Å². The lowest BCUT2D eigenvalue weighted by Gasteiger charge is -2.14. The lowest BCUT2D eigenvalue weighted by Crippen LogP contribution is -2.29. The van der Waals surface area contributed by atoms with Crippen molar-refractivity contribution >= 4 is 34.9 Å². The van der Waals surface area contributed by atoms with Gasteiger partial charge in [0.2, 0.25) is 0 Å². The molecule has 0 spiro atoms. The molecule has 10 heteroatoms. The molecule has 0 unspecified atom stereocenters. The molecule has 2 aromatic rings. The number of nitro groups is 1. The van der Waals surface area contributed by atoms with Crippen molar-refractivity contribution in [1.29, 1.82) is 0 Å². The number of ether oxygens (including phenoxy) is 3. The Hall–Kier alpha value is -3.33. The monoisotopic (exact) mass is 408 g/mol. The molecule has 2 aromatic carbocycles. The maximum absolute atomic E-state index is 12.0. The maximum Gasteiger partial charge on any atom is 0.347 e. The molecule has 0 radical (unpaired) electrons. The van der Waals surface area contributed by atoms with Crippen LogP contribution in [-0.4, -0.2) is 36.6 Å². The molecule has 0 bridgehead atoms. The van der Waals surface area contributed by atoms with Gasteiger partial charge in [0, 0.05) is 17.2 Å². The molecule has 0 aliphatic heterocycles. The first kappa shape index (κ1) is 21.0. The summed E-state index contributed by atoms with van der Waals surface area (Å²) in [6, 6.07) is 10.1. The molecule has 0 saturated heterocycles. The molecule has 1 amide bonds. The zero-order valence-corrected chi connectivity index (χ0v) is 15.8. The minimum atomic E-state index is -0.957. The molecule has 0 aliphatic rings. The molecule has 28 heavy (non-hydrogen) atoms. The van der Waals surface area contributed by atoms with Gasteiger partial charge >= 0.3 is 5.97 Å². The third-order valence-corrected chi connectivity index (χ3v) is 3.72. The molecule has 0 saturated carbocycles. The summed E-state index contributed by atoms with van der Waals surface area (Å²) in [5.74, 6) is -0.800. The van der Waals surface area contributed by atoms with Crippen molar-refractivity contribution < 1.29 is 28.7 Å². The smallest absolute Gasteiger partial charge is 0.347 e. The van der Waals surface area contributed by atoms with Gasteiger partial charge in [0.1, 0.15) is 11.5 Å². The number of nitrogens with zero attached hydrogens (tertiary/aromatic N) is 1. The number of carbonyl (C=O) groups is 2. The van der Waals surface area contributed by atoms with Gasteiger partial charge in [-0.2, -0.15) is 0 Å². The van der Waals surface area contributed by atoms with Gasteiger partial charge in [-0.15, -0.1) is 0 Å². The molecule has 0 aliphatic carbocycles. The van der Waals surface area contributed by atoms with Gasteiger partial charge in [-0.05, 0) is 37.3 Å². The average Bonchev–Trinajstić information content (AvgIpc) is 2.67. The summed E-state index contributed by atoms with van der Waals surface area (Å²) in [7, 11) is 1.35. The largest absolute Gasteiger partial charge is 0.495 e. The van der Waals surface area contributed by atoms with Crippen LogP contribution in [0.25, 0.3) is 0 Å². The molecule has 0 heterocycles. The van der Waals surface area contributed by atoms with Gasteiger partial charge < -0.3 is 19.5 Å². The van der Waals surface area contributed by atoms with Gasteiger partial charge in [-0.1, -0.05) is 11.6 Å². The van der Waals surface area contributed by atoms with Crippen LogP contribution in [0.3, 0.4) is 0 Å². The Labute approximate surface area is 165 Å². The van der Waals surface area contributed by atoms with Gasteiger partial charge in [0.05, 0.1) is 17.7 Å². The van der Waals surface area contributed by atoms with Crippen LogP contribution in [0.4, 0.5) is 11.4 Å². The predicted octanol–water partition coefficient (Wildman–Crippen LogP) is 3.21. The Morgan fingerprint density at radius 3 is 2.50 bits per heavy atom. The molecule has 0 aromatic heterocycles. The van der Waals surface area contributed by atoms with Crippen molar-refractivity contribution in [2.45, 2.75) is 13.0 Å². The number of non-ortho nitro benzene ring substituents is 1. The van der Waals surface area contributed by atoms with Crippen molar-refractivity contribution in [2.24, 2.45) is 0 Å². The summed E-state index contributed by atoms with van der Waals surface area (Å²) in [6.07, 6.45) is -0.957. The Morgan fingerprint density at radius 2 is 1.89 bits per heavy atom. The van der Waals surface area contributed by atoms with Crippen molar-refractivity contribution in [2.75, 3.05) is 19.0 Å². The molecule has 0 fully saturated rings. The van der Waals surface area contributed by atoms with E-state index >= 15 is 0 Å². The number of nitro benzene ring substituents is 1. The first-order valence-corrected chi connectivity index (χ1v) is 8.39. The molecular formula is C18H17ClN2O7. The fourth-order valence-corrected chi connectivity index (χ4v) is 2.24. The molecular weight excluding hydrogens is 392 g/mol. The third kappa shape index (κ3) is 5.85. The standard InChI is InChI=1S/C18H17ClN2O7/c1-11(28-14-6-3-12(19)4-7-14)18(23)27-10-17(22)20-15-9-13(21(24)25)5-8-16(15)26-2/h3-9,11H,10H2,1-2H3,(H,20,22)/t11-/m0/s1. The van der Waals surface area contributed by atoms with Gasteiger partial charge in [0.15, 0.2) is 12.7 Å². The minimum absolute atomic E-state index is 0.0863. The number of rotatable bonds is 8.